The van der Waals surface area contributed by atoms with Gasteiger partial charge in [0.05, 0.1) is 19.3 Å². The van der Waals surface area contributed by atoms with E-state index < -0.39 is 0 Å². The van der Waals surface area contributed by atoms with Crippen LogP contribution in [0.4, 0.5) is 0 Å². The Morgan fingerprint density at radius 3 is 2.92 bits per heavy atom. The van der Waals surface area contributed by atoms with Crippen LogP contribution in [0.3, 0.4) is 0 Å². The number of hydrogen-bond donors (Lipinski definition) is 0. The lowest BCUT2D eigenvalue weighted by molar-refractivity contribution is -0.134. The normalized spacial score (nSPS) is 23.7. The lowest BCUT2D eigenvalue weighted by Crippen LogP contribution is -2.40. The molecule has 0 N–H and O–H groups in total. The van der Waals surface area contributed by atoms with Crippen LogP contribution in [0.1, 0.15) is 24.1 Å². The minimum atomic E-state index is 0.00426. The van der Waals surface area contributed by atoms with E-state index in [2.05, 4.69) is 22.4 Å². The Hall–Kier alpha value is -0.950. The molecule has 0 aliphatic carbocycles. The van der Waals surface area contributed by atoms with Crippen molar-refractivity contribution in [3.8, 4) is 0 Å². The smallest absolute Gasteiger partial charge is 0.248 e. The molecule has 0 bridgehead atoms. The maximum atomic E-state index is 11.5. The molecule has 0 unspecified atom stereocenters. The SMILES string of the molecule is CN(C)C(=O)COC[C@H]1CC2(CCN(Cc3cccs3)CC2)CO1. The van der Waals surface area contributed by atoms with Crippen LogP contribution in [0.25, 0.3) is 0 Å². The van der Waals surface area contributed by atoms with E-state index in [4.69, 9.17) is 9.47 Å². The quantitative estimate of drug-likeness (QED) is 0.787. The molecule has 134 valence electrons. The van der Waals surface area contributed by atoms with E-state index in [1.54, 1.807) is 19.0 Å². The molecule has 2 fully saturated rings. The molecule has 2 aliphatic rings. The van der Waals surface area contributed by atoms with E-state index in [9.17, 15) is 4.79 Å². The largest absolute Gasteiger partial charge is 0.375 e. The molecule has 3 heterocycles. The number of carbonyl (C=O) groups is 1. The Bertz CT molecular complexity index is 524. The van der Waals surface area contributed by atoms with Gasteiger partial charge in [-0.25, -0.2) is 0 Å². The number of hydrogen-bond acceptors (Lipinski definition) is 5. The summed E-state index contributed by atoms with van der Waals surface area (Å²) >= 11 is 1.84. The predicted molar refractivity (Wildman–Crippen MR) is 95.1 cm³/mol. The van der Waals surface area contributed by atoms with Crippen LogP contribution in [-0.4, -0.2) is 68.8 Å². The number of rotatable bonds is 6. The summed E-state index contributed by atoms with van der Waals surface area (Å²) in [6.45, 7) is 4.89. The summed E-state index contributed by atoms with van der Waals surface area (Å²) in [6.07, 6.45) is 3.61. The molecule has 2 saturated heterocycles. The van der Waals surface area contributed by atoms with Crippen molar-refractivity contribution in [3.63, 3.8) is 0 Å². The fourth-order valence-electron chi connectivity index (χ4n) is 3.57. The van der Waals surface area contributed by atoms with Crippen molar-refractivity contribution in [1.82, 2.24) is 9.80 Å². The van der Waals surface area contributed by atoms with Gasteiger partial charge in [0.25, 0.3) is 0 Å². The number of amides is 1. The molecule has 1 amide bonds. The Balaban J connectivity index is 1.38. The van der Waals surface area contributed by atoms with Crippen LogP contribution in [0, 0.1) is 5.41 Å². The van der Waals surface area contributed by atoms with Gasteiger partial charge < -0.3 is 14.4 Å². The highest BCUT2D eigenvalue weighted by molar-refractivity contribution is 7.09. The van der Waals surface area contributed by atoms with Crippen molar-refractivity contribution >= 4 is 17.2 Å². The number of piperidine rings is 1. The Morgan fingerprint density at radius 2 is 2.25 bits per heavy atom. The van der Waals surface area contributed by atoms with Gasteiger partial charge in [-0.3, -0.25) is 9.69 Å². The zero-order valence-corrected chi connectivity index (χ0v) is 15.5. The summed E-state index contributed by atoms with van der Waals surface area (Å²) in [6, 6.07) is 4.35. The molecular formula is C18H28N2O3S. The number of nitrogens with zero attached hydrogens (tertiary/aromatic N) is 2. The Kier molecular flexibility index (Phi) is 5.92. The number of likely N-dealkylation sites (N-methyl/N-ethyl adjacent to an activating group) is 1. The van der Waals surface area contributed by atoms with Crippen molar-refractivity contribution in [2.24, 2.45) is 5.41 Å². The summed E-state index contributed by atoms with van der Waals surface area (Å²) in [5.74, 6) is 0.00426. The van der Waals surface area contributed by atoms with E-state index in [1.807, 2.05) is 11.3 Å². The highest BCUT2D eigenvalue weighted by atomic mass is 32.1. The maximum Gasteiger partial charge on any atom is 0.248 e. The summed E-state index contributed by atoms with van der Waals surface area (Å²) in [4.78, 5) is 17.1. The molecule has 5 nitrogen and oxygen atoms in total. The summed E-state index contributed by atoms with van der Waals surface area (Å²) < 4.78 is 11.5. The molecule has 2 aliphatic heterocycles. The average Bonchev–Trinajstić information content (AvgIpc) is 3.20. The van der Waals surface area contributed by atoms with Crippen molar-refractivity contribution in [1.29, 1.82) is 0 Å². The third kappa shape index (κ3) is 4.57. The molecule has 3 rings (SSSR count). The minimum absolute atomic E-state index is 0.00426. The van der Waals surface area contributed by atoms with Crippen LogP contribution in [0.15, 0.2) is 17.5 Å². The van der Waals surface area contributed by atoms with Gasteiger partial charge >= 0.3 is 0 Å². The second kappa shape index (κ2) is 7.95. The van der Waals surface area contributed by atoms with Crippen LogP contribution in [0.5, 0.6) is 0 Å². The first-order chi connectivity index (χ1) is 11.6. The molecule has 0 radical (unpaired) electrons. The molecule has 1 aromatic rings. The van der Waals surface area contributed by atoms with Gasteiger partial charge in [0.2, 0.25) is 5.91 Å². The van der Waals surface area contributed by atoms with Gasteiger partial charge in [-0.2, -0.15) is 0 Å². The average molecular weight is 353 g/mol. The first-order valence-electron chi connectivity index (χ1n) is 8.71. The highest BCUT2D eigenvalue weighted by Crippen LogP contribution is 2.42. The van der Waals surface area contributed by atoms with Gasteiger partial charge in [-0.1, -0.05) is 6.07 Å². The van der Waals surface area contributed by atoms with Crippen molar-refractivity contribution in [2.75, 3.05) is 47.0 Å². The highest BCUT2D eigenvalue weighted by Gasteiger charge is 2.42. The zero-order chi connectivity index (χ0) is 17.0. The number of thiophene rings is 1. The van der Waals surface area contributed by atoms with Gasteiger partial charge in [0, 0.05) is 25.5 Å². The first kappa shape index (κ1) is 17.9. The fraction of sp³-hybridized carbons (Fsp3) is 0.722. The minimum Gasteiger partial charge on any atom is -0.375 e. The van der Waals surface area contributed by atoms with E-state index in [0.717, 1.165) is 32.7 Å². The van der Waals surface area contributed by atoms with Gasteiger partial charge in [-0.05, 0) is 49.2 Å². The number of ether oxygens (including phenoxy) is 2. The zero-order valence-electron chi connectivity index (χ0n) is 14.7. The molecular weight excluding hydrogens is 324 g/mol. The Labute approximate surface area is 148 Å². The lowest BCUT2D eigenvalue weighted by Gasteiger charge is -2.38. The van der Waals surface area contributed by atoms with E-state index >= 15 is 0 Å². The molecule has 6 heteroatoms. The monoisotopic (exact) mass is 352 g/mol. The van der Waals surface area contributed by atoms with Crippen molar-refractivity contribution in [3.05, 3.63) is 22.4 Å². The summed E-state index contributed by atoms with van der Waals surface area (Å²) in [7, 11) is 3.49. The maximum absolute atomic E-state index is 11.5. The summed E-state index contributed by atoms with van der Waals surface area (Å²) in [5, 5.41) is 2.15. The van der Waals surface area contributed by atoms with Crippen molar-refractivity contribution in [2.45, 2.75) is 31.9 Å². The van der Waals surface area contributed by atoms with Gasteiger partial charge in [-0.15, -0.1) is 11.3 Å². The van der Waals surface area contributed by atoms with E-state index in [0.29, 0.717) is 12.0 Å². The van der Waals surface area contributed by atoms with Crippen LogP contribution in [-0.2, 0) is 20.8 Å². The molecule has 1 aromatic heterocycles. The second-order valence-corrected chi connectivity index (χ2v) is 8.33. The molecule has 1 atom stereocenters. The second-order valence-electron chi connectivity index (χ2n) is 7.30. The third-order valence-corrected chi connectivity index (χ3v) is 6.05. The lowest BCUT2D eigenvalue weighted by atomic mass is 9.76. The van der Waals surface area contributed by atoms with Crippen LogP contribution < -0.4 is 0 Å². The first-order valence-corrected chi connectivity index (χ1v) is 9.59. The standard InChI is InChI=1S/C18H28N2O3S/c1-19(2)17(21)13-22-12-15-10-18(14-23-15)5-7-20(8-6-18)11-16-4-3-9-24-16/h3-4,9,15H,5-8,10-14H2,1-2H3/t15-/m1/s1. The third-order valence-electron chi connectivity index (χ3n) is 5.19. The molecule has 24 heavy (non-hydrogen) atoms. The van der Waals surface area contributed by atoms with Crippen LogP contribution in [0.2, 0.25) is 0 Å². The van der Waals surface area contributed by atoms with Crippen molar-refractivity contribution < 1.29 is 14.3 Å². The summed E-state index contributed by atoms with van der Waals surface area (Å²) in [5.41, 5.74) is 0.325. The number of likely N-dealkylation sites (tertiary alicyclic amines) is 1. The fourth-order valence-corrected chi connectivity index (χ4v) is 4.31. The van der Waals surface area contributed by atoms with Crippen LogP contribution >= 0.6 is 11.3 Å². The molecule has 1 spiro atoms. The topological polar surface area (TPSA) is 42.0 Å². The van der Waals surface area contributed by atoms with Gasteiger partial charge in [0.1, 0.15) is 6.61 Å². The molecule has 0 aromatic carbocycles. The van der Waals surface area contributed by atoms with E-state index in [-0.39, 0.29) is 18.6 Å². The number of carbonyl (C=O) groups excluding carboxylic acids is 1. The Morgan fingerprint density at radius 1 is 1.46 bits per heavy atom. The van der Waals surface area contributed by atoms with E-state index in [1.165, 1.54) is 17.7 Å². The molecule has 0 saturated carbocycles. The van der Waals surface area contributed by atoms with Gasteiger partial charge in [0.15, 0.2) is 0 Å². The predicted octanol–water partition coefficient (Wildman–Crippen LogP) is 2.22.